The second-order valence-electron chi connectivity index (χ2n) is 3.90. The lowest BCUT2D eigenvalue weighted by molar-refractivity contribution is -0.145. The van der Waals surface area contributed by atoms with E-state index in [-0.39, 0.29) is 11.9 Å². The summed E-state index contributed by atoms with van der Waals surface area (Å²) in [5, 5.41) is 0.709. The van der Waals surface area contributed by atoms with Crippen LogP contribution in [-0.2, 0) is 16.0 Å². The van der Waals surface area contributed by atoms with Gasteiger partial charge in [0.1, 0.15) is 0 Å². The Hall–Kier alpha value is -1.02. The zero-order valence-electron chi connectivity index (χ0n) is 9.92. The number of esters is 1. The minimum atomic E-state index is -0.151. The van der Waals surface area contributed by atoms with Crippen LogP contribution in [-0.4, -0.2) is 13.1 Å². The highest BCUT2D eigenvalue weighted by Crippen LogP contribution is 2.20. The first kappa shape index (κ1) is 13.0. The smallest absolute Gasteiger partial charge is 0.308 e. The standard InChI is InChI=1S/C13H17ClO2/c1-4-10(13(15)16-3)7-11-8-12(14)6-5-9(11)2/h5-6,8,10H,4,7H2,1-3H3/t10-/m0/s1. The Bertz CT molecular complexity index is 374. The Morgan fingerprint density at radius 3 is 2.75 bits per heavy atom. The van der Waals surface area contributed by atoms with E-state index in [1.54, 1.807) is 0 Å². The van der Waals surface area contributed by atoms with E-state index >= 15 is 0 Å². The molecule has 0 unspecified atom stereocenters. The van der Waals surface area contributed by atoms with E-state index in [9.17, 15) is 4.79 Å². The maximum Gasteiger partial charge on any atom is 0.308 e. The lowest BCUT2D eigenvalue weighted by Gasteiger charge is -2.14. The molecule has 16 heavy (non-hydrogen) atoms. The van der Waals surface area contributed by atoms with E-state index in [0.29, 0.717) is 11.4 Å². The predicted octanol–water partition coefficient (Wildman–Crippen LogP) is 3.39. The molecule has 0 heterocycles. The maximum atomic E-state index is 11.5. The highest BCUT2D eigenvalue weighted by molar-refractivity contribution is 6.30. The van der Waals surface area contributed by atoms with E-state index in [0.717, 1.165) is 17.5 Å². The number of rotatable bonds is 4. The molecule has 1 aromatic carbocycles. The van der Waals surface area contributed by atoms with Gasteiger partial charge in [0.15, 0.2) is 0 Å². The van der Waals surface area contributed by atoms with Crippen molar-refractivity contribution in [1.29, 1.82) is 0 Å². The summed E-state index contributed by atoms with van der Waals surface area (Å²) in [7, 11) is 1.43. The molecule has 0 radical (unpaired) electrons. The van der Waals surface area contributed by atoms with Crippen molar-refractivity contribution in [3.8, 4) is 0 Å². The van der Waals surface area contributed by atoms with Crippen molar-refractivity contribution in [2.45, 2.75) is 26.7 Å². The third kappa shape index (κ3) is 3.24. The Labute approximate surface area is 102 Å². The molecule has 0 N–H and O–H groups in total. The fraction of sp³-hybridized carbons (Fsp3) is 0.462. The lowest BCUT2D eigenvalue weighted by atomic mass is 9.94. The first-order valence-corrected chi connectivity index (χ1v) is 5.79. The van der Waals surface area contributed by atoms with Crippen molar-refractivity contribution in [3.05, 3.63) is 34.3 Å². The number of hydrogen-bond donors (Lipinski definition) is 0. The number of methoxy groups -OCH3 is 1. The highest BCUT2D eigenvalue weighted by atomic mass is 35.5. The van der Waals surface area contributed by atoms with Crippen LogP contribution in [0.25, 0.3) is 0 Å². The Kier molecular flexibility index (Phi) is 4.81. The molecule has 1 rings (SSSR count). The fourth-order valence-corrected chi connectivity index (χ4v) is 1.88. The van der Waals surface area contributed by atoms with E-state index in [2.05, 4.69) is 0 Å². The van der Waals surface area contributed by atoms with Gasteiger partial charge in [-0.25, -0.2) is 0 Å². The van der Waals surface area contributed by atoms with Crippen molar-refractivity contribution >= 4 is 17.6 Å². The Balaban J connectivity index is 2.85. The van der Waals surface area contributed by atoms with E-state index in [4.69, 9.17) is 16.3 Å². The molecule has 0 spiro atoms. The van der Waals surface area contributed by atoms with Crippen molar-refractivity contribution in [2.75, 3.05) is 7.11 Å². The molecule has 2 nitrogen and oxygen atoms in total. The minimum Gasteiger partial charge on any atom is -0.469 e. The molecule has 0 aromatic heterocycles. The Morgan fingerprint density at radius 2 is 2.19 bits per heavy atom. The zero-order chi connectivity index (χ0) is 12.1. The van der Waals surface area contributed by atoms with Crippen LogP contribution >= 0.6 is 11.6 Å². The third-order valence-corrected chi connectivity index (χ3v) is 3.04. The van der Waals surface area contributed by atoms with Gasteiger partial charge in [0.25, 0.3) is 0 Å². The number of carbonyl (C=O) groups is 1. The highest BCUT2D eigenvalue weighted by Gasteiger charge is 2.18. The number of carbonyl (C=O) groups excluding carboxylic acids is 1. The molecule has 0 aliphatic heterocycles. The number of halogens is 1. The maximum absolute atomic E-state index is 11.5. The monoisotopic (exact) mass is 240 g/mol. The number of benzene rings is 1. The first-order valence-electron chi connectivity index (χ1n) is 5.41. The second-order valence-corrected chi connectivity index (χ2v) is 4.34. The SMILES string of the molecule is CC[C@@H](Cc1cc(Cl)ccc1C)C(=O)OC. The van der Waals surface area contributed by atoms with Gasteiger partial charge >= 0.3 is 5.97 Å². The van der Waals surface area contributed by atoms with E-state index in [1.807, 2.05) is 32.0 Å². The van der Waals surface area contributed by atoms with Crippen LogP contribution < -0.4 is 0 Å². The first-order chi connectivity index (χ1) is 7.58. The zero-order valence-corrected chi connectivity index (χ0v) is 10.7. The second kappa shape index (κ2) is 5.90. The summed E-state index contributed by atoms with van der Waals surface area (Å²) in [5.41, 5.74) is 2.27. The molecule has 1 aromatic rings. The molecule has 0 fully saturated rings. The number of ether oxygens (including phenoxy) is 1. The van der Waals surface area contributed by atoms with Crippen molar-refractivity contribution in [3.63, 3.8) is 0 Å². The molecular weight excluding hydrogens is 224 g/mol. The molecule has 0 aliphatic rings. The quantitative estimate of drug-likeness (QED) is 0.754. The van der Waals surface area contributed by atoms with Gasteiger partial charge in [0, 0.05) is 5.02 Å². The van der Waals surface area contributed by atoms with Gasteiger partial charge < -0.3 is 4.74 Å². The van der Waals surface area contributed by atoms with Gasteiger partial charge in [-0.05, 0) is 43.0 Å². The van der Waals surface area contributed by atoms with Crippen LogP contribution in [0.5, 0.6) is 0 Å². The van der Waals surface area contributed by atoms with Crippen LogP contribution in [0.15, 0.2) is 18.2 Å². The molecule has 0 saturated heterocycles. The topological polar surface area (TPSA) is 26.3 Å². The average Bonchev–Trinajstić information content (AvgIpc) is 2.29. The molecule has 0 bridgehead atoms. The fourth-order valence-electron chi connectivity index (χ4n) is 1.69. The van der Waals surface area contributed by atoms with Crippen molar-refractivity contribution in [2.24, 2.45) is 5.92 Å². The van der Waals surface area contributed by atoms with Crippen LogP contribution in [0.4, 0.5) is 0 Å². The molecule has 88 valence electrons. The predicted molar refractivity (Wildman–Crippen MR) is 65.7 cm³/mol. The van der Waals surface area contributed by atoms with Gasteiger partial charge in [-0.2, -0.15) is 0 Å². The Morgan fingerprint density at radius 1 is 1.50 bits per heavy atom. The lowest BCUT2D eigenvalue weighted by Crippen LogP contribution is -2.18. The van der Waals surface area contributed by atoms with Crippen LogP contribution in [0.3, 0.4) is 0 Å². The number of aryl methyl sites for hydroxylation is 1. The molecule has 1 atom stereocenters. The van der Waals surface area contributed by atoms with Crippen LogP contribution in [0.2, 0.25) is 5.02 Å². The summed E-state index contributed by atoms with van der Waals surface area (Å²) in [6.07, 6.45) is 1.47. The van der Waals surface area contributed by atoms with Gasteiger partial charge in [-0.1, -0.05) is 24.6 Å². The van der Waals surface area contributed by atoms with Crippen LogP contribution in [0.1, 0.15) is 24.5 Å². The van der Waals surface area contributed by atoms with E-state index < -0.39 is 0 Å². The normalized spacial score (nSPS) is 12.2. The molecule has 0 amide bonds. The van der Waals surface area contributed by atoms with Gasteiger partial charge in [-0.15, -0.1) is 0 Å². The molecule has 0 aliphatic carbocycles. The minimum absolute atomic E-state index is 0.0813. The summed E-state index contributed by atoms with van der Waals surface area (Å²) in [5.74, 6) is -0.232. The average molecular weight is 241 g/mol. The summed E-state index contributed by atoms with van der Waals surface area (Å²) in [6, 6.07) is 5.75. The van der Waals surface area contributed by atoms with Crippen molar-refractivity contribution < 1.29 is 9.53 Å². The molecule has 3 heteroatoms. The molecule has 0 saturated carbocycles. The largest absolute Gasteiger partial charge is 0.469 e. The summed E-state index contributed by atoms with van der Waals surface area (Å²) in [6.45, 7) is 4.01. The van der Waals surface area contributed by atoms with Gasteiger partial charge in [0.05, 0.1) is 13.0 Å². The van der Waals surface area contributed by atoms with E-state index in [1.165, 1.54) is 7.11 Å². The van der Waals surface area contributed by atoms with Crippen LogP contribution in [0, 0.1) is 12.8 Å². The third-order valence-electron chi connectivity index (χ3n) is 2.80. The number of hydrogen-bond acceptors (Lipinski definition) is 2. The summed E-state index contributed by atoms with van der Waals surface area (Å²) < 4.78 is 4.77. The van der Waals surface area contributed by atoms with Crippen molar-refractivity contribution in [1.82, 2.24) is 0 Å². The summed E-state index contributed by atoms with van der Waals surface area (Å²) in [4.78, 5) is 11.5. The van der Waals surface area contributed by atoms with Gasteiger partial charge in [-0.3, -0.25) is 4.79 Å². The summed E-state index contributed by atoms with van der Waals surface area (Å²) >= 11 is 5.94. The molecular formula is C13H17ClO2. The van der Waals surface area contributed by atoms with Gasteiger partial charge in [0.2, 0.25) is 0 Å².